The summed E-state index contributed by atoms with van der Waals surface area (Å²) in [7, 11) is 0. The molecule has 0 spiro atoms. The van der Waals surface area contributed by atoms with Crippen molar-refractivity contribution in [2.75, 3.05) is 6.61 Å². The highest BCUT2D eigenvalue weighted by atomic mass is 32.1. The number of hydrogen-bond donors (Lipinski definition) is 0. The first-order valence-electron chi connectivity index (χ1n) is 12.6. The first-order valence-corrected chi connectivity index (χ1v) is 13.4. The second-order valence-electron chi connectivity index (χ2n) is 9.08. The summed E-state index contributed by atoms with van der Waals surface area (Å²) in [5.74, 6) is -0.641. The Balaban J connectivity index is 1.67. The Bertz CT molecular complexity index is 1790. The summed E-state index contributed by atoms with van der Waals surface area (Å²) in [6, 6.07) is 14.7. The van der Waals surface area contributed by atoms with Crippen LogP contribution in [0.2, 0.25) is 0 Å². The van der Waals surface area contributed by atoms with Crippen molar-refractivity contribution in [3.05, 3.63) is 108 Å². The highest BCUT2D eigenvalue weighted by molar-refractivity contribution is 7.07. The number of allylic oxidation sites excluding steroid dienone is 1. The third-order valence-corrected chi connectivity index (χ3v) is 7.54. The van der Waals surface area contributed by atoms with E-state index < -0.39 is 18.6 Å². The van der Waals surface area contributed by atoms with Gasteiger partial charge in [0.2, 0.25) is 0 Å². The van der Waals surface area contributed by atoms with E-state index >= 15 is 0 Å². The van der Waals surface area contributed by atoms with Gasteiger partial charge in [0.25, 0.3) is 5.56 Å². The van der Waals surface area contributed by atoms with Crippen LogP contribution < -0.4 is 19.6 Å². The smallest absolute Gasteiger partial charge is 0.387 e. The summed E-state index contributed by atoms with van der Waals surface area (Å²) in [6.07, 6.45) is 1.79. The SMILES string of the molecule is CCOC(=O)C1=C(C)N=c2s/c(=C/c3c(C)nn(-c4ccccc4)c3C)c(=O)n2C1c1ccc(OC(F)F)cc1. The lowest BCUT2D eigenvalue weighted by Gasteiger charge is -2.24. The molecule has 0 bridgehead atoms. The maximum absolute atomic E-state index is 13.9. The summed E-state index contributed by atoms with van der Waals surface area (Å²) in [6.45, 7) is 4.35. The number of aryl methyl sites for hydroxylation is 1. The number of thiazole rings is 1. The Labute approximate surface area is 232 Å². The molecule has 0 saturated carbocycles. The lowest BCUT2D eigenvalue weighted by Crippen LogP contribution is -2.39. The number of fused-ring (bicyclic) bond motifs is 1. The molecule has 2 aromatic heterocycles. The number of alkyl halides is 2. The molecule has 0 fully saturated rings. The van der Waals surface area contributed by atoms with Crippen LogP contribution in [0.25, 0.3) is 11.8 Å². The average Bonchev–Trinajstić information content (AvgIpc) is 3.39. The van der Waals surface area contributed by atoms with Gasteiger partial charge in [-0.25, -0.2) is 14.5 Å². The van der Waals surface area contributed by atoms with Crippen LogP contribution in [0.4, 0.5) is 8.78 Å². The molecule has 0 saturated heterocycles. The number of hydrogen-bond acceptors (Lipinski definition) is 7. The first-order chi connectivity index (χ1) is 19.2. The molecule has 0 radical (unpaired) electrons. The minimum Gasteiger partial charge on any atom is -0.463 e. The van der Waals surface area contributed by atoms with Crippen molar-refractivity contribution >= 4 is 23.4 Å². The predicted octanol–water partition coefficient (Wildman–Crippen LogP) is 4.20. The fourth-order valence-corrected chi connectivity index (χ4v) is 5.78. The molecular weight excluding hydrogens is 538 g/mol. The lowest BCUT2D eigenvalue weighted by molar-refractivity contribution is -0.139. The van der Waals surface area contributed by atoms with Crippen LogP contribution in [0.1, 0.15) is 42.4 Å². The standard InChI is InChI=1S/C29H26F2N4O4S/c1-5-38-27(37)24-17(3)32-29-34(25(24)19-11-13-21(14-12-19)39-28(30)31)26(36)23(40-29)15-22-16(2)33-35(18(22)4)20-9-7-6-8-10-20/h6-15,25,28H,5H2,1-4H3/b23-15+. The Hall–Kier alpha value is -4.38. The lowest BCUT2D eigenvalue weighted by atomic mass is 9.96. The molecule has 1 aliphatic rings. The molecule has 1 aliphatic heterocycles. The monoisotopic (exact) mass is 564 g/mol. The van der Waals surface area contributed by atoms with Crippen molar-refractivity contribution in [1.82, 2.24) is 14.3 Å². The molecule has 1 atom stereocenters. The Kier molecular flexibility index (Phi) is 7.49. The van der Waals surface area contributed by atoms with E-state index in [0.717, 1.165) is 22.6 Å². The summed E-state index contributed by atoms with van der Waals surface area (Å²) in [5.41, 5.74) is 4.11. The van der Waals surface area contributed by atoms with Crippen LogP contribution in [0.15, 0.2) is 75.7 Å². The molecule has 1 unspecified atom stereocenters. The fourth-order valence-electron chi connectivity index (χ4n) is 4.75. The van der Waals surface area contributed by atoms with E-state index in [0.29, 0.717) is 20.6 Å². The van der Waals surface area contributed by atoms with Crippen LogP contribution in [-0.2, 0) is 9.53 Å². The van der Waals surface area contributed by atoms with Gasteiger partial charge in [-0.1, -0.05) is 41.7 Å². The molecule has 40 heavy (non-hydrogen) atoms. The second-order valence-corrected chi connectivity index (χ2v) is 10.1. The first kappa shape index (κ1) is 27.2. The van der Waals surface area contributed by atoms with Crippen molar-refractivity contribution in [2.24, 2.45) is 4.99 Å². The van der Waals surface area contributed by atoms with Crippen molar-refractivity contribution in [3.8, 4) is 11.4 Å². The van der Waals surface area contributed by atoms with Gasteiger partial charge < -0.3 is 9.47 Å². The fraction of sp³-hybridized carbons (Fsp3) is 0.241. The molecule has 0 amide bonds. The predicted molar refractivity (Wildman–Crippen MR) is 147 cm³/mol. The summed E-state index contributed by atoms with van der Waals surface area (Å²) < 4.78 is 38.9. The summed E-state index contributed by atoms with van der Waals surface area (Å²) >= 11 is 1.20. The van der Waals surface area contributed by atoms with Crippen molar-refractivity contribution in [2.45, 2.75) is 40.3 Å². The van der Waals surface area contributed by atoms with E-state index in [9.17, 15) is 18.4 Å². The van der Waals surface area contributed by atoms with Crippen molar-refractivity contribution in [3.63, 3.8) is 0 Å². The zero-order valence-electron chi connectivity index (χ0n) is 22.2. The summed E-state index contributed by atoms with van der Waals surface area (Å²) in [4.78, 5) is 31.9. The quantitative estimate of drug-likeness (QED) is 0.314. The third-order valence-electron chi connectivity index (χ3n) is 6.56. The highest BCUT2D eigenvalue weighted by Crippen LogP contribution is 2.32. The molecule has 5 rings (SSSR count). The van der Waals surface area contributed by atoms with Crippen LogP contribution in [0.5, 0.6) is 5.75 Å². The number of ether oxygens (including phenoxy) is 2. The number of esters is 1. The molecule has 0 aliphatic carbocycles. The average molecular weight is 565 g/mol. The van der Waals surface area contributed by atoms with Crippen LogP contribution in [0.3, 0.4) is 0 Å². The van der Waals surface area contributed by atoms with Gasteiger partial charge in [-0.05, 0) is 63.6 Å². The number of benzene rings is 2. The Morgan fingerprint density at radius 3 is 2.45 bits per heavy atom. The number of rotatable bonds is 7. The van der Waals surface area contributed by atoms with Gasteiger partial charge in [0.1, 0.15) is 5.75 Å². The zero-order chi connectivity index (χ0) is 28.6. The molecule has 206 valence electrons. The van der Waals surface area contributed by atoms with Gasteiger partial charge in [-0.3, -0.25) is 9.36 Å². The van der Waals surface area contributed by atoms with Gasteiger partial charge in [-0.2, -0.15) is 13.9 Å². The highest BCUT2D eigenvalue weighted by Gasteiger charge is 2.33. The van der Waals surface area contributed by atoms with E-state index in [-0.39, 0.29) is 23.5 Å². The van der Waals surface area contributed by atoms with Crippen molar-refractivity contribution < 1.29 is 23.0 Å². The maximum atomic E-state index is 13.9. The zero-order valence-corrected chi connectivity index (χ0v) is 23.0. The van der Waals surface area contributed by atoms with Gasteiger partial charge in [0.05, 0.1) is 39.8 Å². The molecule has 3 heterocycles. The van der Waals surface area contributed by atoms with E-state index in [2.05, 4.69) is 14.8 Å². The maximum Gasteiger partial charge on any atom is 0.387 e. The molecule has 11 heteroatoms. The van der Waals surface area contributed by atoms with E-state index in [4.69, 9.17) is 4.74 Å². The van der Waals surface area contributed by atoms with Crippen LogP contribution in [0, 0.1) is 13.8 Å². The Morgan fingerprint density at radius 1 is 1.10 bits per heavy atom. The number of carbonyl (C=O) groups excluding carboxylic acids is 1. The molecular formula is C29H26F2N4O4S. The van der Waals surface area contributed by atoms with Gasteiger partial charge in [0.15, 0.2) is 4.80 Å². The van der Waals surface area contributed by atoms with Gasteiger partial charge >= 0.3 is 12.6 Å². The second kappa shape index (κ2) is 11.0. The van der Waals surface area contributed by atoms with E-state index in [1.54, 1.807) is 32.1 Å². The third kappa shape index (κ3) is 5.00. The topological polar surface area (TPSA) is 87.7 Å². The largest absolute Gasteiger partial charge is 0.463 e. The van der Waals surface area contributed by atoms with Crippen LogP contribution >= 0.6 is 11.3 Å². The number of aromatic nitrogens is 3. The minimum atomic E-state index is -2.97. The van der Waals surface area contributed by atoms with Gasteiger partial charge in [-0.15, -0.1) is 0 Å². The number of nitrogens with zero attached hydrogens (tertiary/aromatic N) is 4. The molecule has 2 aromatic carbocycles. The molecule has 4 aromatic rings. The normalized spacial score (nSPS) is 15.3. The van der Waals surface area contributed by atoms with E-state index in [1.807, 2.05) is 48.9 Å². The number of para-hydroxylation sites is 1. The summed E-state index contributed by atoms with van der Waals surface area (Å²) in [5, 5.41) is 4.67. The molecule has 0 N–H and O–H groups in total. The minimum absolute atomic E-state index is 0.0362. The van der Waals surface area contributed by atoms with Gasteiger partial charge in [0, 0.05) is 11.3 Å². The number of halogens is 2. The van der Waals surface area contributed by atoms with Crippen LogP contribution in [-0.4, -0.2) is 33.5 Å². The van der Waals surface area contributed by atoms with Crippen molar-refractivity contribution in [1.29, 1.82) is 0 Å². The molecule has 8 nitrogen and oxygen atoms in total. The number of carbonyl (C=O) groups is 1. The van der Waals surface area contributed by atoms with E-state index in [1.165, 1.54) is 28.0 Å². The Morgan fingerprint density at radius 2 is 1.80 bits per heavy atom.